The van der Waals surface area contributed by atoms with Gasteiger partial charge in [0.15, 0.2) is 5.72 Å². The molecule has 4 aliphatic rings. The van der Waals surface area contributed by atoms with E-state index in [9.17, 15) is 0 Å². The van der Waals surface area contributed by atoms with Crippen molar-refractivity contribution >= 4 is 22.6 Å². The van der Waals surface area contributed by atoms with Crippen molar-refractivity contribution in [1.82, 2.24) is 5.32 Å². The lowest BCUT2D eigenvalue weighted by Crippen LogP contribution is -2.62. The second-order valence-electron chi connectivity index (χ2n) is 9.57. The highest BCUT2D eigenvalue weighted by atomic mass is 127. The molecule has 2 nitrogen and oxygen atoms in total. The fourth-order valence-corrected chi connectivity index (χ4v) is 6.53. The van der Waals surface area contributed by atoms with Gasteiger partial charge in [0.05, 0.1) is 3.57 Å². The molecule has 3 heteroatoms. The zero-order valence-electron chi connectivity index (χ0n) is 15.0. The van der Waals surface area contributed by atoms with Crippen LogP contribution in [-0.4, -0.2) is 5.72 Å². The fraction of sp³-hybridized carbons (Fsp3) is 0.714. The topological polar surface area (TPSA) is 21.3 Å². The highest BCUT2D eigenvalue weighted by molar-refractivity contribution is 14.1. The molecule has 0 aromatic heterocycles. The number of hydrogen-bond donors (Lipinski definition) is 1. The van der Waals surface area contributed by atoms with Gasteiger partial charge in [0, 0.05) is 23.9 Å². The molecule has 1 spiro atoms. The number of benzene rings is 1. The Labute approximate surface area is 159 Å². The number of nitrogens with one attached hydrogen (secondary N) is 1. The van der Waals surface area contributed by atoms with Gasteiger partial charge in [-0.25, -0.2) is 0 Å². The molecule has 1 aromatic carbocycles. The number of hydrogen-bond acceptors (Lipinski definition) is 2. The predicted octanol–water partition coefficient (Wildman–Crippen LogP) is 5.22. The highest BCUT2D eigenvalue weighted by Crippen LogP contribution is 2.64. The second-order valence-corrected chi connectivity index (χ2v) is 10.7. The lowest BCUT2D eigenvalue weighted by molar-refractivity contribution is -0.104. The molecule has 5 rings (SSSR count). The van der Waals surface area contributed by atoms with Crippen molar-refractivity contribution in [2.45, 2.75) is 70.6 Å². The quantitative estimate of drug-likeness (QED) is 0.562. The Morgan fingerprint density at radius 1 is 1.21 bits per heavy atom. The molecule has 3 saturated carbocycles. The van der Waals surface area contributed by atoms with Gasteiger partial charge >= 0.3 is 0 Å². The van der Waals surface area contributed by atoms with E-state index in [0.717, 1.165) is 24.3 Å². The summed E-state index contributed by atoms with van der Waals surface area (Å²) in [5.74, 6) is 4.58. The molecule has 1 aromatic rings. The summed E-state index contributed by atoms with van der Waals surface area (Å²) in [5.41, 5.74) is 2.90. The van der Waals surface area contributed by atoms with Crippen LogP contribution in [0.3, 0.4) is 0 Å². The van der Waals surface area contributed by atoms with Crippen molar-refractivity contribution in [2.24, 2.45) is 23.7 Å². The number of ether oxygens (including phenoxy) is 1. The molecule has 5 atom stereocenters. The molecular weight excluding hydrogens is 409 g/mol. The molecule has 1 N–H and O–H groups in total. The van der Waals surface area contributed by atoms with E-state index in [2.05, 4.69) is 60.8 Å². The maximum absolute atomic E-state index is 6.88. The van der Waals surface area contributed by atoms with Crippen molar-refractivity contribution in [3.05, 3.63) is 26.8 Å². The Balaban J connectivity index is 1.53. The SMILES string of the molecule is CC(C)(C)c1cc(I)c2c(c1)CNC1(O2)C2CCCC(C2)C2CC21. The lowest BCUT2D eigenvalue weighted by Gasteiger charge is -2.51. The minimum atomic E-state index is -0.0578. The summed E-state index contributed by atoms with van der Waals surface area (Å²) in [4.78, 5) is 0. The number of fused-ring (bicyclic) bond motifs is 7. The van der Waals surface area contributed by atoms with Crippen LogP contribution in [0.15, 0.2) is 12.1 Å². The van der Waals surface area contributed by atoms with Gasteiger partial charge in [-0.05, 0) is 70.7 Å². The van der Waals surface area contributed by atoms with E-state index in [1.54, 1.807) is 0 Å². The van der Waals surface area contributed by atoms with Gasteiger partial charge in [0.25, 0.3) is 0 Å². The summed E-state index contributed by atoms with van der Waals surface area (Å²) in [6.07, 6.45) is 6.99. The largest absolute Gasteiger partial charge is 0.471 e. The van der Waals surface area contributed by atoms with Gasteiger partial charge in [0.1, 0.15) is 5.75 Å². The van der Waals surface area contributed by atoms with Crippen LogP contribution in [0.2, 0.25) is 0 Å². The molecule has 1 aliphatic heterocycles. The van der Waals surface area contributed by atoms with Gasteiger partial charge in [-0.1, -0.05) is 39.7 Å². The molecule has 0 amide bonds. The summed E-state index contributed by atoms with van der Waals surface area (Å²) in [7, 11) is 0. The minimum Gasteiger partial charge on any atom is -0.471 e. The molecule has 0 saturated heterocycles. The molecule has 24 heavy (non-hydrogen) atoms. The summed E-state index contributed by atoms with van der Waals surface area (Å²) in [5, 5.41) is 3.92. The number of rotatable bonds is 0. The minimum absolute atomic E-state index is 0.0578. The molecular formula is C21H28INO. The molecule has 2 bridgehead atoms. The Hall–Kier alpha value is -0.290. The van der Waals surface area contributed by atoms with Crippen LogP contribution in [0.5, 0.6) is 5.75 Å². The third kappa shape index (κ3) is 2.22. The average Bonchev–Trinajstić information content (AvgIpc) is 3.34. The average molecular weight is 437 g/mol. The predicted molar refractivity (Wildman–Crippen MR) is 105 cm³/mol. The summed E-state index contributed by atoms with van der Waals surface area (Å²) >= 11 is 2.49. The van der Waals surface area contributed by atoms with Crippen LogP contribution in [0.1, 0.15) is 64.0 Å². The first kappa shape index (κ1) is 15.9. The standard InChI is InChI=1S/C21H28INO/c1-20(2,3)15-8-13-11-23-21(24-19(13)18(22)9-15)14-6-4-5-12(7-14)16-10-17(16)21/h8-9,12,14,16-17,23H,4-7,10-11H2,1-3H3. The van der Waals surface area contributed by atoms with E-state index in [0.29, 0.717) is 5.92 Å². The third-order valence-electron chi connectivity index (χ3n) is 7.13. The molecule has 1 heterocycles. The van der Waals surface area contributed by atoms with E-state index in [4.69, 9.17) is 4.74 Å². The van der Waals surface area contributed by atoms with E-state index >= 15 is 0 Å². The third-order valence-corrected chi connectivity index (χ3v) is 7.93. The van der Waals surface area contributed by atoms with Crippen molar-refractivity contribution < 1.29 is 4.74 Å². The molecule has 130 valence electrons. The first-order valence-electron chi connectivity index (χ1n) is 9.65. The van der Waals surface area contributed by atoms with Crippen molar-refractivity contribution in [3.8, 4) is 5.75 Å². The molecule has 3 fully saturated rings. The Morgan fingerprint density at radius 3 is 2.83 bits per heavy atom. The first-order valence-corrected chi connectivity index (χ1v) is 10.7. The zero-order chi connectivity index (χ0) is 16.7. The van der Waals surface area contributed by atoms with Crippen LogP contribution in [0, 0.1) is 27.2 Å². The molecule has 5 unspecified atom stereocenters. The Kier molecular flexibility index (Phi) is 3.40. The summed E-state index contributed by atoms with van der Waals surface area (Å²) < 4.78 is 8.18. The maximum atomic E-state index is 6.88. The lowest BCUT2D eigenvalue weighted by atomic mass is 9.67. The van der Waals surface area contributed by atoms with Gasteiger partial charge < -0.3 is 4.74 Å². The van der Waals surface area contributed by atoms with Gasteiger partial charge in [0.2, 0.25) is 0 Å². The van der Waals surface area contributed by atoms with Gasteiger partial charge in [-0.2, -0.15) is 0 Å². The van der Waals surface area contributed by atoms with Crippen molar-refractivity contribution in [1.29, 1.82) is 0 Å². The molecule has 0 radical (unpaired) electrons. The van der Waals surface area contributed by atoms with E-state index in [1.807, 2.05) is 0 Å². The Bertz CT molecular complexity index is 694. The van der Waals surface area contributed by atoms with Gasteiger partial charge in [-0.3, -0.25) is 5.32 Å². The van der Waals surface area contributed by atoms with E-state index in [1.165, 1.54) is 52.6 Å². The van der Waals surface area contributed by atoms with Crippen molar-refractivity contribution in [2.75, 3.05) is 0 Å². The summed E-state index contributed by atoms with van der Waals surface area (Å²) in [6.45, 7) is 7.85. The Morgan fingerprint density at radius 2 is 2.04 bits per heavy atom. The summed E-state index contributed by atoms with van der Waals surface area (Å²) in [6, 6.07) is 4.71. The van der Waals surface area contributed by atoms with Crippen LogP contribution in [-0.2, 0) is 12.0 Å². The fourth-order valence-electron chi connectivity index (χ4n) is 5.74. The smallest absolute Gasteiger partial charge is 0.167 e. The van der Waals surface area contributed by atoms with Crippen LogP contribution < -0.4 is 10.1 Å². The van der Waals surface area contributed by atoms with Crippen molar-refractivity contribution in [3.63, 3.8) is 0 Å². The van der Waals surface area contributed by atoms with Crippen LogP contribution in [0.4, 0.5) is 0 Å². The van der Waals surface area contributed by atoms with E-state index < -0.39 is 0 Å². The highest BCUT2D eigenvalue weighted by Gasteiger charge is 2.65. The second kappa shape index (κ2) is 5.12. The van der Waals surface area contributed by atoms with Gasteiger partial charge in [-0.15, -0.1) is 0 Å². The van der Waals surface area contributed by atoms with Crippen LogP contribution >= 0.6 is 22.6 Å². The van der Waals surface area contributed by atoms with Crippen LogP contribution in [0.25, 0.3) is 0 Å². The van der Waals surface area contributed by atoms with E-state index in [-0.39, 0.29) is 11.1 Å². The monoisotopic (exact) mass is 437 g/mol. The maximum Gasteiger partial charge on any atom is 0.167 e. The normalized spacial score (nSPS) is 39.8. The molecule has 3 aliphatic carbocycles. The zero-order valence-corrected chi connectivity index (χ0v) is 17.2. The first-order chi connectivity index (χ1) is 11.4. The number of halogens is 1.